The van der Waals surface area contributed by atoms with E-state index in [1.807, 2.05) is 24.3 Å². The highest BCUT2D eigenvalue weighted by molar-refractivity contribution is 7.23. The molecule has 4 heterocycles. The van der Waals surface area contributed by atoms with Crippen LogP contribution in [0.4, 0.5) is 10.0 Å². The Morgan fingerprint density at radius 1 is 1.20 bits per heavy atom. The first-order chi connectivity index (χ1) is 14.5. The van der Waals surface area contributed by atoms with E-state index < -0.39 is 4.92 Å². The molecule has 0 unspecified atom stereocenters. The number of nitrogens with one attached hydrogen (secondary N) is 1. The Balaban J connectivity index is 1.57. The number of nitro groups is 1. The highest BCUT2D eigenvalue weighted by Gasteiger charge is 2.27. The summed E-state index contributed by atoms with van der Waals surface area (Å²) >= 11 is 4.07. The molecule has 4 aromatic rings. The summed E-state index contributed by atoms with van der Waals surface area (Å²) in [5.74, 6) is -0.331. The van der Waals surface area contributed by atoms with Crippen LogP contribution in [0.15, 0.2) is 36.4 Å². The van der Waals surface area contributed by atoms with Gasteiger partial charge in [-0.15, -0.1) is 22.7 Å². The molecule has 0 atom stereocenters. The number of carbonyl (C=O) groups excluding carboxylic acids is 1. The first kappa shape index (κ1) is 19.3. The first-order valence-corrected chi connectivity index (χ1v) is 11.7. The summed E-state index contributed by atoms with van der Waals surface area (Å²) in [4.78, 5) is 31.9. The minimum Gasteiger partial charge on any atom is -0.312 e. The third kappa shape index (κ3) is 3.41. The number of para-hydroxylation sites is 1. The van der Waals surface area contributed by atoms with Crippen LogP contribution in [0.25, 0.3) is 20.8 Å². The summed E-state index contributed by atoms with van der Waals surface area (Å²) in [5.41, 5.74) is 3.17. The van der Waals surface area contributed by atoms with Gasteiger partial charge in [0.05, 0.1) is 20.0 Å². The van der Waals surface area contributed by atoms with E-state index in [0.717, 1.165) is 56.6 Å². The first-order valence-electron chi connectivity index (χ1n) is 9.24. The van der Waals surface area contributed by atoms with Gasteiger partial charge in [-0.05, 0) is 37.2 Å². The number of carbonyl (C=O) groups is 1. The molecule has 0 saturated carbocycles. The molecule has 0 fully saturated rings. The number of hydrogen-bond donors (Lipinski definition) is 1. The zero-order chi connectivity index (χ0) is 20.8. The van der Waals surface area contributed by atoms with Crippen LogP contribution in [0.1, 0.15) is 20.1 Å². The summed E-state index contributed by atoms with van der Waals surface area (Å²) in [6, 6.07) is 10.9. The topological polar surface area (TPSA) is 88.4 Å². The van der Waals surface area contributed by atoms with Crippen molar-refractivity contribution in [1.29, 1.82) is 0 Å². The molecule has 5 rings (SSSR count). The lowest BCUT2D eigenvalue weighted by Crippen LogP contribution is -2.25. The van der Waals surface area contributed by atoms with Crippen LogP contribution in [0, 0.1) is 10.1 Å². The predicted molar refractivity (Wildman–Crippen MR) is 122 cm³/mol. The number of aromatic nitrogens is 1. The van der Waals surface area contributed by atoms with Crippen molar-refractivity contribution in [2.75, 3.05) is 18.9 Å². The molecule has 1 aliphatic rings. The second-order valence-corrected chi connectivity index (χ2v) is 10.2. The summed E-state index contributed by atoms with van der Waals surface area (Å²) in [6.07, 6.45) is 0.897. The molecule has 152 valence electrons. The Morgan fingerprint density at radius 2 is 2.03 bits per heavy atom. The van der Waals surface area contributed by atoms with Gasteiger partial charge in [0.25, 0.3) is 5.91 Å². The number of hydrogen-bond acceptors (Lipinski definition) is 8. The minimum absolute atomic E-state index is 0.0429. The second-order valence-electron chi connectivity index (χ2n) is 7.03. The van der Waals surface area contributed by atoms with Crippen LogP contribution in [-0.2, 0) is 13.0 Å². The number of thiazole rings is 1. The number of amides is 1. The molecular formula is C20H16N4O3S3. The molecule has 0 aliphatic carbocycles. The molecule has 1 aliphatic heterocycles. The molecule has 1 aromatic carbocycles. The van der Waals surface area contributed by atoms with E-state index >= 15 is 0 Å². The van der Waals surface area contributed by atoms with Gasteiger partial charge in [-0.3, -0.25) is 14.9 Å². The standard InChI is InChI=1S/C20H16N4O3S3/c1-23-9-8-11-15(10-23)30-20(22-18(25)14-6-7-16(28-14)24(26)27)17(11)19-21-12-4-2-3-5-13(12)29-19/h2-7H,8-10H2,1H3,(H,22,25). The van der Waals surface area contributed by atoms with Gasteiger partial charge in [-0.25, -0.2) is 4.98 Å². The smallest absolute Gasteiger partial charge is 0.312 e. The number of fused-ring (bicyclic) bond motifs is 2. The summed E-state index contributed by atoms with van der Waals surface area (Å²) in [5, 5.41) is 15.6. The average Bonchev–Trinajstić information content (AvgIpc) is 3.43. The number of benzene rings is 1. The van der Waals surface area contributed by atoms with Gasteiger partial charge < -0.3 is 10.2 Å². The molecule has 1 N–H and O–H groups in total. The van der Waals surface area contributed by atoms with Crippen molar-refractivity contribution in [2.45, 2.75) is 13.0 Å². The average molecular weight is 457 g/mol. The van der Waals surface area contributed by atoms with Gasteiger partial charge in [0.1, 0.15) is 10.0 Å². The van der Waals surface area contributed by atoms with Crippen molar-refractivity contribution in [2.24, 2.45) is 0 Å². The normalized spacial score (nSPS) is 14.0. The fourth-order valence-corrected chi connectivity index (χ4v) is 6.69. The van der Waals surface area contributed by atoms with Crippen molar-refractivity contribution >= 4 is 60.1 Å². The van der Waals surface area contributed by atoms with E-state index in [1.54, 1.807) is 22.7 Å². The number of nitrogens with zero attached hydrogens (tertiary/aromatic N) is 3. The number of anilines is 1. The predicted octanol–water partition coefficient (Wildman–Crippen LogP) is 5.23. The van der Waals surface area contributed by atoms with Gasteiger partial charge in [0, 0.05) is 29.6 Å². The zero-order valence-corrected chi connectivity index (χ0v) is 18.3. The van der Waals surface area contributed by atoms with E-state index in [9.17, 15) is 14.9 Å². The Bertz CT molecular complexity index is 1260. The number of thiophene rings is 2. The van der Waals surface area contributed by atoms with Crippen LogP contribution in [0.3, 0.4) is 0 Å². The molecule has 3 aromatic heterocycles. The van der Waals surface area contributed by atoms with Crippen LogP contribution >= 0.6 is 34.0 Å². The highest BCUT2D eigenvalue weighted by atomic mass is 32.1. The van der Waals surface area contributed by atoms with Crippen molar-refractivity contribution in [3.05, 3.63) is 61.8 Å². The molecule has 0 bridgehead atoms. The highest BCUT2D eigenvalue weighted by Crippen LogP contribution is 2.45. The second kappa shape index (κ2) is 7.55. The Labute approximate surface area is 183 Å². The maximum Gasteiger partial charge on any atom is 0.324 e. The van der Waals surface area contributed by atoms with Crippen LogP contribution < -0.4 is 5.32 Å². The number of rotatable bonds is 4. The van der Waals surface area contributed by atoms with Crippen LogP contribution in [-0.4, -0.2) is 34.3 Å². The fourth-order valence-electron chi connectivity index (χ4n) is 3.54. The van der Waals surface area contributed by atoms with Gasteiger partial charge >= 0.3 is 5.00 Å². The lowest BCUT2D eigenvalue weighted by Gasteiger charge is -2.22. The Kier molecular flexibility index (Phi) is 4.86. The Hall–Kier alpha value is -2.66. The monoisotopic (exact) mass is 456 g/mol. The fraction of sp³-hybridized carbons (Fsp3) is 0.200. The lowest BCUT2D eigenvalue weighted by atomic mass is 10.0. The van der Waals surface area contributed by atoms with Gasteiger partial charge in [-0.1, -0.05) is 23.5 Å². The van der Waals surface area contributed by atoms with Crippen molar-refractivity contribution in [1.82, 2.24) is 9.88 Å². The maximum absolute atomic E-state index is 12.8. The summed E-state index contributed by atoms with van der Waals surface area (Å²) in [6.45, 7) is 1.78. The molecule has 10 heteroatoms. The largest absolute Gasteiger partial charge is 0.324 e. The zero-order valence-electron chi connectivity index (χ0n) is 15.9. The molecule has 0 radical (unpaired) electrons. The molecule has 0 saturated heterocycles. The van der Waals surface area contributed by atoms with Crippen molar-refractivity contribution in [3.8, 4) is 10.6 Å². The van der Waals surface area contributed by atoms with E-state index in [-0.39, 0.29) is 10.9 Å². The van der Waals surface area contributed by atoms with E-state index in [4.69, 9.17) is 4.98 Å². The SMILES string of the molecule is CN1CCc2c(sc(NC(=O)c3ccc([N+](=O)[O-])s3)c2-c2nc3ccccc3s2)C1. The van der Waals surface area contributed by atoms with E-state index in [1.165, 1.54) is 22.6 Å². The molecule has 30 heavy (non-hydrogen) atoms. The summed E-state index contributed by atoms with van der Waals surface area (Å²) < 4.78 is 1.10. The third-order valence-electron chi connectivity index (χ3n) is 4.98. The molecule has 7 nitrogen and oxygen atoms in total. The van der Waals surface area contributed by atoms with Crippen molar-refractivity contribution < 1.29 is 9.72 Å². The number of likely N-dealkylation sites (N-methyl/N-ethyl adjacent to an activating group) is 1. The third-order valence-corrected chi connectivity index (χ3v) is 8.20. The van der Waals surface area contributed by atoms with E-state index in [0.29, 0.717) is 4.88 Å². The van der Waals surface area contributed by atoms with Crippen molar-refractivity contribution in [3.63, 3.8) is 0 Å². The van der Waals surface area contributed by atoms with E-state index in [2.05, 4.69) is 17.3 Å². The quantitative estimate of drug-likeness (QED) is 0.335. The van der Waals surface area contributed by atoms with Crippen LogP contribution in [0.2, 0.25) is 0 Å². The van der Waals surface area contributed by atoms with Gasteiger partial charge in [0.15, 0.2) is 0 Å². The van der Waals surface area contributed by atoms with Gasteiger partial charge in [0.2, 0.25) is 0 Å². The minimum atomic E-state index is -0.478. The molecule has 1 amide bonds. The van der Waals surface area contributed by atoms with Gasteiger partial charge in [-0.2, -0.15) is 0 Å². The Morgan fingerprint density at radius 3 is 2.80 bits per heavy atom. The van der Waals surface area contributed by atoms with Crippen LogP contribution in [0.5, 0.6) is 0 Å². The molecular weight excluding hydrogens is 440 g/mol. The maximum atomic E-state index is 12.8. The lowest BCUT2D eigenvalue weighted by molar-refractivity contribution is -0.380. The summed E-state index contributed by atoms with van der Waals surface area (Å²) in [7, 11) is 2.09. The molecule has 0 spiro atoms.